The molecule has 0 bridgehead atoms. The molecule has 1 aromatic carbocycles. The van der Waals surface area contributed by atoms with Gasteiger partial charge in [-0.15, -0.1) is 10.2 Å². The Bertz CT molecular complexity index is 746. The normalized spacial score (nSPS) is 10.8. The van der Waals surface area contributed by atoms with E-state index in [1.807, 2.05) is 31.2 Å². The van der Waals surface area contributed by atoms with Gasteiger partial charge < -0.3 is 10.2 Å². The number of carbonyl (C=O) groups excluding carboxylic acids is 2. The summed E-state index contributed by atoms with van der Waals surface area (Å²) in [7, 11) is 0. The first-order valence-electron chi connectivity index (χ1n) is 8.56. The first-order valence-corrected chi connectivity index (χ1v) is 10.2. The number of amides is 2. The molecule has 2 rings (SSSR count). The first-order chi connectivity index (χ1) is 12.4. The first kappa shape index (κ1) is 20.5. The minimum atomic E-state index is -0.166. The highest BCUT2D eigenvalue weighted by atomic mass is 79.9. The number of nitrogens with zero attached hydrogens (tertiary/aromatic N) is 3. The van der Waals surface area contributed by atoms with Crippen molar-refractivity contribution in [3.63, 3.8) is 0 Å². The maximum absolute atomic E-state index is 12.2. The quantitative estimate of drug-likeness (QED) is 0.669. The lowest BCUT2D eigenvalue weighted by Gasteiger charge is -2.23. The van der Waals surface area contributed by atoms with Crippen molar-refractivity contribution in [2.24, 2.45) is 5.92 Å². The zero-order chi connectivity index (χ0) is 19.1. The number of carbonyl (C=O) groups is 2. The molecule has 1 aromatic heterocycles. The molecule has 0 aliphatic rings. The molecule has 0 atom stereocenters. The standard InChI is InChI=1S/C18H23BrN4O2S/c1-4-16(25)23(11-12(2)3)10-9-15(24)20-18-22-21-17(26-18)13-5-7-14(19)8-6-13/h5-8,12H,4,9-11H2,1-3H3,(H,20,22,24). The molecule has 26 heavy (non-hydrogen) atoms. The van der Waals surface area contributed by atoms with Crippen LogP contribution in [0.25, 0.3) is 10.6 Å². The van der Waals surface area contributed by atoms with Crippen molar-refractivity contribution in [3.8, 4) is 10.6 Å². The van der Waals surface area contributed by atoms with Crippen LogP contribution < -0.4 is 5.32 Å². The molecule has 1 heterocycles. The number of benzene rings is 1. The highest BCUT2D eigenvalue weighted by Gasteiger charge is 2.16. The van der Waals surface area contributed by atoms with Crippen LogP contribution in [0.4, 0.5) is 5.13 Å². The maximum atomic E-state index is 12.2. The minimum Gasteiger partial charge on any atom is -0.342 e. The van der Waals surface area contributed by atoms with Gasteiger partial charge in [-0.05, 0) is 18.1 Å². The van der Waals surface area contributed by atoms with Crippen molar-refractivity contribution >= 4 is 44.2 Å². The van der Waals surface area contributed by atoms with E-state index in [0.29, 0.717) is 30.6 Å². The number of halogens is 1. The number of nitrogens with one attached hydrogen (secondary N) is 1. The smallest absolute Gasteiger partial charge is 0.227 e. The van der Waals surface area contributed by atoms with Gasteiger partial charge in [-0.25, -0.2) is 0 Å². The third-order valence-electron chi connectivity index (χ3n) is 3.61. The lowest BCUT2D eigenvalue weighted by atomic mass is 10.2. The summed E-state index contributed by atoms with van der Waals surface area (Å²) >= 11 is 4.72. The predicted molar refractivity (Wildman–Crippen MR) is 108 cm³/mol. The largest absolute Gasteiger partial charge is 0.342 e. The van der Waals surface area contributed by atoms with Crippen LogP contribution in [-0.4, -0.2) is 40.0 Å². The van der Waals surface area contributed by atoms with E-state index in [1.165, 1.54) is 11.3 Å². The van der Waals surface area contributed by atoms with Crippen LogP contribution in [0.2, 0.25) is 0 Å². The molecule has 0 aliphatic heterocycles. The average molecular weight is 439 g/mol. The summed E-state index contributed by atoms with van der Waals surface area (Å²) < 4.78 is 0.992. The second kappa shape index (κ2) is 9.78. The maximum Gasteiger partial charge on any atom is 0.227 e. The monoisotopic (exact) mass is 438 g/mol. The fourth-order valence-corrected chi connectivity index (χ4v) is 3.41. The molecule has 0 fully saturated rings. The van der Waals surface area contributed by atoms with Crippen LogP contribution in [0.15, 0.2) is 28.7 Å². The highest BCUT2D eigenvalue weighted by Crippen LogP contribution is 2.27. The van der Waals surface area contributed by atoms with Crippen molar-refractivity contribution in [2.75, 3.05) is 18.4 Å². The fourth-order valence-electron chi connectivity index (χ4n) is 2.38. The van der Waals surface area contributed by atoms with Crippen molar-refractivity contribution in [1.82, 2.24) is 15.1 Å². The summed E-state index contributed by atoms with van der Waals surface area (Å²) in [5.74, 6) is 0.270. The lowest BCUT2D eigenvalue weighted by Crippen LogP contribution is -2.36. The SMILES string of the molecule is CCC(=O)N(CCC(=O)Nc1nnc(-c2ccc(Br)cc2)s1)CC(C)C. The molecule has 2 amide bonds. The van der Waals surface area contributed by atoms with Crippen LogP contribution in [-0.2, 0) is 9.59 Å². The molecule has 0 saturated heterocycles. The molecule has 0 aliphatic carbocycles. The Balaban J connectivity index is 1.91. The van der Waals surface area contributed by atoms with E-state index in [9.17, 15) is 9.59 Å². The van der Waals surface area contributed by atoms with Crippen LogP contribution >= 0.6 is 27.3 Å². The molecule has 8 heteroatoms. The fraction of sp³-hybridized carbons (Fsp3) is 0.444. The molecule has 1 N–H and O–H groups in total. The lowest BCUT2D eigenvalue weighted by molar-refractivity contribution is -0.131. The van der Waals surface area contributed by atoms with E-state index in [1.54, 1.807) is 4.90 Å². The molecular formula is C18H23BrN4O2S. The van der Waals surface area contributed by atoms with Gasteiger partial charge >= 0.3 is 0 Å². The van der Waals surface area contributed by atoms with Gasteiger partial charge in [0.25, 0.3) is 0 Å². The Hall–Kier alpha value is -1.80. The van der Waals surface area contributed by atoms with Gasteiger partial charge in [0.05, 0.1) is 0 Å². The Labute approximate surface area is 166 Å². The number of rotatable bonds is 8. The topological polar surface area (TPSA) is 75.2 Å². The predicted octanol–water partition coefficient (Wildman–Crippen LogP) is 4.19. The number of hydrogen-bond donors (Lipinski definition) is 1. The Morgan fingerprint density at radius 1 is 1.23 bits per heavy atom. The Kier molecular flexibility index (Phi) is 7.71. The molecule has 6 nitrogen and oxygen atoms in total. The number of aromatic nitrogens is 2. The van der Waals surface area contributed by atoms with Gasteiger partial charge in [-0.2, -0.15) is 0 Å². The zero-order valence-electron chi connectivity index (χ0n) is 15.2. The molecule has 0 spiro atoms. The second-order valence-corrected chi connectivity index (χ2v) is 8.20. The Morgan fingerprint density at radius 2 is 1.92 bits per heavy atom. The number of anilines is 1. The van der Waals surface area contributed by atoms with E-state index in [-0.39, 0.29) is 18.2 Å². The van der Waals surface area contributed by atoms with Gasteiger partial charge in [-0.1, -0.05) is 60.2 Å². The van der Waals surface area contributed by atoms with Crippen LogP contribution in [0, 0.1) is 5.92 Å². The second-order valence-electron chi connectivity index (χ2n) is 6.30. The summed E-state index contributed by atoms with van der Waals surface area (Å²) in [5.41, 5.74) is 0.947. The van der Waals surface area contributed by atoms with Gasteiger partial charge in [0.15, 0.2) is 0 Å². The summed E-state index contributed by atoms with van der Waals surface area (Å²) in [5, 5.41) is 12.1. The molecule has 0 unspecified atom stereocenters. The molecule has 0 saturated carbocycles. The van der Waals surface area contributed by atoms with Crippen molar-refractivity contribution in [3.05, 3.63) is 28.7 Å². The van der Waals surface area contributed by atoms with Gasteiger partial charge in [-0.3, -0.25) is 9.59 Å². The van der Waals surface area contributed by atoms with E-state index in [4.69, 9.17) is 0 Å². The minimum absolute atomic E-state index is 0.0694. The van der Waals surface area contributed by atoms with E-state index in [0.717, 1.165) is 15.0 Å². The molecule has 0 radical (unpaired) electrons. The van der Waals surface area contributed by atoms with Gasteiger partial charge in [0.2, 0.25) is 16.9 Å². The van der Waals surface area contributed by atoms with Crippen LogP contribution in [0.1, 0.15) is 33.6 Å². The molecular weight excluding hydrogens is 416 g/mol. The third kappa shape index (κ3) is 6.17. The van der Waals surface area contributed by atoms with Crippen molar-refractivity contribution in [2.45, 2.75) is 33.6 Å². The molecule has 140 valence electrons. The van der Waals surface area contributed by atoms with Gasteiger partial charge in [0, 0.05) is 36.0 Å². The summed E-state index contributed by atoms with van der Waals surface area (Å²) in [6.45, 7) is 7.02. The van der Waals surface area contributed by atoms with Gasteiger partial charge in [0.1, 0.15) is 5.01 Å². The van der Waals surface area contributed by atoms with Crippen molar-refractivity contribution in [1.29, 1.82) is 0 Å². The average Bonchev–Trinajstić information content (AvgIpc) is 3.06. The van der Waals surface area contributed by atoms with Crippen LogP contribution in [0.5, 0.6) is 0 Å². The summed E-state index contributed by atoms with van der Waals surface area (Å²) in [6.07, 6.45) is 0.687. The zero-order valence-corrected chi connectivity index (χ0v) is 17.6. The Morgan fingerprint density at radius 3 is 2.54 bits per heavy atom. The van der Waals surface area contributed by atoms with E-state index < -0.39 is 0 Å². The molecule has 2 aromatic rings. The summed E-state index contributed by atoms with van der Waals surface area (Å²) in [4.78, 5) is 25.9. The van der Waals surface area contributed by atoms with Crippen molar-refractivity contribution < 1.29 is 9.59 Å². The summed E-state index contributed by atoms with van der Waals surface area (Å²) in [6, 6.07) is 7.75. The van der Waals surface area contributed by atoms with Crippen LogP contribution in [0.3, 0.4) is 0 Å². The highest BCUT2D eigenvalue weighted by molar-refractivity contribution is 9.10. The number of hydrogen-bond acceptors (Lipinski definition) is 5. The van der Waals surface area contributed by atoms with E-state index in [2.05, 4.69) is 45.3 Å². The third-order valence-corrected chi connectivity index (χ3v) is 5.03. The van der Waals surface area contributed by atoms with E-state index >= 15 is 0 Å².